The van der Waals surface area contributed by atoms with E-state index in [-0.39, 0.29) is 10.6 Å². The SMILES string of the molecule is Cc1c(Cl)ccc([N+](=O)[O-])c1F. The van der Waals surface area contributed by atoms with Gasteiger partial charge in [-0.15, -0.1) is 0 Å². The van der Waals surface area contributed by atoms with Crippen LogP contribution in [0.5, 0.6) is 0 Å². The summed E-state index contributed by atoms with van der Waals surface area (Å²) in [4.78, 5) is 9.43. The lowest BCUT2D eigenvalue weighted by Gasteiger charge is -1.98. The van der Waals surface area contributed by atoms with Gasteiger partial charge in [-0.25, -0.2) is 0 Å². The Balaban J connectivity index is 3.36. The van der Waals surface area contributed by atoms with Crippen LogP contribution in [-0.2, 0) is 0 Å². The normalized spacial score (nSPS) is 9.92. The number of hydrogen-bond acceptors (Lipinski definition) is 2. The maximum absolute atomic E-state index is 13.0. The van der Waals surface area contributed by atoms with Gasteiger partial charge in [0, 0.05) is 16.7 Å². The molecule has 3 nitrogen and oxygen atoms in total. The highest BCUT2D eigenvalue weighted by molar-refractivity contribution is 6.31. The summed E-state index contributed by atoms with van der Waals surface area (Å²) in [6, 6.07) is 2.35. The fourth-order valence-corrected chi connectivity index (χ4v) is 0.934. The van der Waals surface area contributed by atoms with Gasteiger partial charge in [-0.2, -0.15) is 4.39 Å². The van der Waals surface area contributed by atoms with Crippen LogP contribution in [0.4, 0.5) is 10.1 Å². The molecule has 1 rings (SSSR count). The second-order valence-electron chi connectivity index (χ2n) is 2.26. The average Bonchev–Trinajstić information content (AvgIpc) is 2.00. The van der Waals surface area contributed by atoms with Crippen LogP contribution in [0.2, 0.25) is 5.02 Å². The molecule has 0 unspecified atom stereocenters. The molecule has 0 saturated carbocycles. The Labute approximate surface area is 72.9 Å². The van der Waals surface area contributed by atoms with E-state index in [2.05, 4.69) is 0 Å². The molecule has 1 aromatic carbocycles. The molecular formula is C7H5ClFNO2. The van der Waals surface area contributed by atoms with Crippen LogP contribution in [0.15, 0.2) is 12.1 Å². The van der Waals surface area contributed by atoms with E-state index in [0.717, 1.165) is 6.07 Å². The Hall–Kier alpha value is -1.16. The zero-order valence-electron chi connectivity index (χ0n) is 6.17. The second-order valence-corrected chi connectivity index (χ2v) is 2.67. The molecule has 0 atom stereocenters. The summed E-state index contributed by atoms with van der Waals surface area (Å²) in [5.74, 6) is -0.868. The van der Waals surface area contributed by atoms with Crippen LogP contribution < -0.4 is 0 Å². The van der Waals surface area contributed by atoms with Crippen LogP contribution in [0.1, 0.15) is 5.56 Å². The van der Waals surface area contributed by atoms with Crippen molar-refractivity contribution in [3.63, 3.8) is 0 Å². The van der Waals surface area contributed by atoms with Gasteiger partial charge in [0.05, 0.1) is 4.92 Å². The van der Waals surface area contributed by atoms with Crippen LogP contribution in [0.3, 0.4) is 0 Å². The molecule has 0 aromatic heterocycles. The lowest BCUT2D eigenvalue weighted by atomic mass is 10.2. The maximum atomic E-state index is 13.0. The summed E-state index contributed by atoms with van der Waals surface area (Å²) in [5.41, 5.74) is -0.442. The molecule has 5 heteroatoms. The molecular weight excluding hydrogens is 185 g/mol. The van der Waals surface area contributed by atoms with Gasteiger partial charge in [0.1, 0.15) is 0 Å². The third kappa shape index (κ3) is 1.38. The van der Waals surface area contributed by atoms with Gasteiger partial charge < -0.3 is 0 Å². The number of halogens is 2. The number of nitrogens with zero attached hydrogens (tertiary/aromatic N) is 1. The highest BCUT2D eigenvalue weighted by atomic mass is 35.5. The monoisotopic (exact) mass is 189 g/mol. The molecule has 0 N–H and O–H groups in total. The number of nitro benzene ring substituents is 1. The Morgan fingerprint density at radius 3 is 2.67 bits per heavy atom. The van der Waals surface area contributed by atoms with Crippen molar-refractivity contribution in [2.45, 2.75) is 6.92 Å². The zero-order chi connectivity index (χ0) is 9.30. The molecule has 0 amide bonds. The molecule has 12 heavy (non-hydrogen) atoms. The van der Waals surface area contributed by atoms with Crippen molar-refractivity contribution >= 4 is 17.3 Å². The first-order chi connectivity index (χ1) is 5.54. The lowest BCUT2D eigenvalue weighted by molar-refractivity contribution is -0.387. The largest absolute Gasteiger partial charge is 0.305 e. The Morgan fingerprint density at radius 2 is 2.17 bits per heavy atom. The zero-order valence-corrected chi connectivity index (χ0v) is 6.93. The van der Waals surface area contributed by atoms with E-state index in [4.69, 9.17) is 11.6 Å². The Bertz CT molecular complexity index is 340. The summed E-state index contributed by atoms with van der Waals surface area (Å²) >= 11 is 5.53. The molecule has 64 valence electrons. The van der Waals surface area contributed by atoms with Gasteiger partial charge in [0.25, 0.3) is 0 Å². The second kappa shape index (κ2) is 3.06. The predicted molar refractivity (Wildman–Crippen MR) is 42.8 cm³/mol. The average molecular weight is 190 g/mol. The maximum Gasteiger partial charge on any atom is 0.305 e. The first-order valence-corrected chi connectivity index (χ1v) is 3.51. The summed E-state index contributed by atoms with van der Waals surface area (Å²) in [7, 11) is 0. The molecule has 0 bridgehead atoms. The van der Waals surface area contributed by atoms with Crippen molar-refractivity contribution in [2.75, 3.05) is 0 Å². The summed E-state index contributed by atoms with van der Waals surface area (Å²) < 4.78 is 13.0. The van der Waals surface area contributed by atoms with Crippen LogP contribution in [0, 0.1) is 22.9 Å². The minimum absolute atomic E-state index is 0.103. The van der Waals surface area contributed by atoms with Crippen molar-refractivity contribution in [2.24, 2.45) is 0 Å². The third-order valence-electron chi connectivity index (χ3n) is 1.50. The van der Waals surface area contributed by atoms with E-state index < -0.39 is 16.4 Å². The van der Waals surface area contributed by atoms with Crippen molar-refractivity contribution in [3.05, 3.63) is 38.7 Å². The fourth-order valence-electron chi connectivity index (χ4n) is 0.788. The standard InChI is InChI=1S/C7H5ClFNO2/c1-4-5(8)2-3-6(7(4)9)10(11)12/h2-3H,1H3. The molecule has 0 saturated heterocycles. The van der Waals surface area contributed by atoms with Crippen LogP contribution >= 0.6 is 11.6 Å². The predicted octanol–water partition coefficient (Wildman–Crippen LogP) is 2.70. The molecule has 1 aromatic rings. The van der Waals surface area contributed by atoms with Gasteiger partial charge in [-0.1, -0.05) is 11.6 Å². The molecule has 0 aliphatic rings. The summed E-state index contributed by atoms with van der Waals surface area (Å²) in [5, 5.41) is 10.4. The fraction of sp³-hybridized carbons (Fsp3) is 0.143. The van der Waals surface area contributed by atoms with Crippen molar-refractivity contribution < 1.29 is 9.31 Å². The van der Waals surface area contributed by atoms with Gasteiger partial charge in [0.2, 0.25) is 5.82 Å². The van der Waals surface area contributed by atoms with Gasteiger partial charge in [0.15, 0.2) is 0 Å². The van der Waals surface area contributed by atoms with E-state index >= 15 is 0 Å². The van der Waals surface area contributed by atoms with E-state index in [9.17, 15) is 14.5 Å². The first kappa shape index (κ1) is 8.93. The van der Waals surface area contributed by atoms with Crippen molar-refractivity contribution in [1.29, 1.82) is 0 Å². The highest BCUT2D eigenvalue weighted by Crippen LogP contribution is 2.25. The molecule has 0 radical (unpaired) electrons. The van der Waals surface area contributed by atoms with Crippen molar-refractivity contribution in [1.82, 2.24) is 0 Å². The van der Waals surface area contributed by atoms with Crippen LogP contribution in [0.25, 0.3) is 0 Å². The summed E-state index contributed by atoms with van der Waals surface area (Å²) in [6.07, 6.45) is 0. The lowest BCUT2D eigenvalue weighted by Crippen LogP contribution is -1.94. The smallest absolute Gasteiger partial charge is 0.258 e. The Morgan fingerprint density at radius 1 is 1.58 bits per heavy atom. The summed E-state index contributed by atoms with van der Waals surface area (Å²) in [6.45, 7) is 1.39. The number of benzene rings is 1. The minimum atomic E-state index is -0.868. The van der Waals surface area contributed by atoms with E-state index in [1.807, 2.05) is 0 Å². The molecule has 0 aliphatic heterocycles. The first-order valence-electron chi connectivity index (χ1n) is 3.13. The quantitative estimate of drug-likeness (QED) is 0.504. The van der Waals surface area contributed by atoms with Gasteiger partial charge >= 0.3 is 5.69 Å². The topological polar surface area (TPSA) is 43.1 Å². The number of rotatable bonds is 1. The minimum Gasteiger partial charge on any atom is -0.258 e. The Kier molecular flexibility index (Phi) is 2.28. The van der Waals surface area contributed by atoms with Crippen LogP contribution in [-0.4, -0.2) is 4.92 Å². The molecule has 0 aliphatic carbocycles. The highest BCUT2D eigenvalue weighted by Gasteiger charge is 2.16. The van der Waals surface area contributed by atoms with Crippen molar-refractivity contribution in [3.8, 4) is 0 Å². The number of nitro groups is 1. The van der Waals surface area contributed by atoms with E-state index in [1.165, 1.54) is 13.0 Å². The number of hydrogen-bond donors (Lipinski definition) is 0. The van der Waals surface area contributed by atoms with E-state index in [1.54, 1.807) is 0 Å². The van der Waals surface area contributed by atoms with Gasteiger partial charge in [-0.3, -0.25) is 10.1 Å². The third-order valence-corrected chi connectivity index (χ3v) is 1.91. The van der Waals surface area contributed by atoms with E-state index in [0.29, 0.717) is 0 Å². The molecule has 0 spiro atoms. The molecule has 0 heterocycles. The molecule has 0 fully saturated rings. The van der Waals surface area contributed by atoms with Gasteiger partial charge in [-0.05, 0) is 13.0 Å².